The molecule has 2 heterocycles. The van der Waals surface area contributed by atoms with Gasteiger partial charge in [-0.1, -0.05) is 0 Å². The van der Waals surface area contributed by atoms with E-state index in [9.17, 15) is 9.59 Å². The second-order valence-corrected chi connectivity index (χ2v) is 6.53. The lowest BCUT2D eigenvalue weighted by atomic mass is 10.0. The highest BCUT2D eigenvalue weighted by Crippen LogP contribution is 2.19. The number of hydrogen-bond acceptors (Lipinski definition) is 3. The van der Waals surface area contributed by atoms with Crippen LogP contribution in [0.15, 0.2) is 0 Å². The molecule has 0 aliphatic heterocycles. The molecule has 0 fully saturated rings. The van der Waals surface area contributed by atoms with Crippen molar-refractivity contribution >= 4 is 11.7 Å². The van der Waals surface area contributed by atoms with Crippen LogP contribution in [0.5, 0.6) is 0 Å². The van der Waals surface area contributed by atoms with Gasteiger partial charge in [0.05, 0.1) is 5.69 Å². The zero-order chi connectivity index (χ0) is 18.2. The summed E-state index contributed by atoms with van der Waals surface area (Å²) in [7, 11) is 1.92. The molecule has 2 aromatic heterocycles. The van der Waals surface area contributed by atoms with E-state index in [4.69, 9.17) is 0 Å². The molecule has 1 amide bonds. The molecule has 24 heavy (non-hydrogen) atoms. The molecule has 1 atom stereocenters. The fourth-order valence-electron chi connectivity index (χ4n) is 3.27. The Hall–Kier alpha value is -2.37. The zero-order valence-corrected chi connectivity index (χ0v) is 15.5. The summed E-state index contributed by atoms with van der Waals surface area (Å²) < 4.78 is 1.86. The molecule has 0 aliphatic rings. The molecule has 0 saturated carbocycles. The van der Waals surface area contributed by atoms with Crippen LogP contribution < -0.4 is 5.32 Å². The van der Waals surface area contributed by atoms with E-state index in [2.05, 4.69) is 15.4 Å². The fraction of sp³-hybridized carbons (Fsp3) is 0.500. The number of amides is 1. The van der Waals surface area contributed by atoms with Gasteiger partial charge in [-0.15, -0.1) is 0 Å². The molecule has 6 heteroatoms. The number of hydrogen-bond donors (Lipinski definition) is 2. The molecule has 0 saturated heterocycles. The van der Waals surface area contributed by atoms with Gasteiger partial charge in [-0.3, -0.25) is 14.3 Å². The lowest BCUT2D eigenvalue weighted by molar-refractivity contribution is 0.0934. The van der Waals surface area contributed by atoms with Crippen molar-refractivity contribution in [3.05, 3.63) is 39.5 Å². The SMILES string of the molecule is CC(=O)c1c(C)[nH]c(C(=O)N[C@H](C)Cc2c(C)nn(C)c2C)c1C. The van der Waals surface area contributed by atoms with E-state index < -0.39 is 0 Å². The van der Waals surface area contributed by atoms with Gasteiger partial charge in [0.25, 0.3) is 5.91 Å². The van der Waals surface area contributed by atoms with Crippen LogP contribution in [0.25, 0.3) is 0 Å². The fourth-order valence-corrected chi connectivity index (χ4v) is 3.27. The minimum Gasteiger partial charge on any atom is -0.354 e. The van der Waals surface area contributed by atoms with Gasteiger partial charge in [-0.05, 0) is 59.1 Å². The van der Waals surface area contributed by atoms with Gasteiger partial charge < -0.3 is 10.3 Å². The molecule has 6 nitrogen and oxygen atoms in total. The first-order valence-corrected chi connectivity index (χ1v) is 8.13. The maximum atomic E-state index is 12.6. The first kappa shape index (κ1) is 18.0. The summed E-state index contributed by atoms with van der Waals surface area (Å²) in [6.07, 6.45) is 0.718. The van der Waals surface area contributed by atoms with Gasteiger partial charge in [-0.25, -0.2) is 0 Å². The summed E-state index contributed by atoms with van der Waals surface area (Å²) in [5.74, 6) is -0.218. The van der Waals surface area contributed by atoms with Gasteiger partial charge in [0.2, 0.25) is 0 Å². The number of Topliss-reactive ketones (excluding diaryl/α,β-unsaturated/α-hetero) is 1. The van der Waals surface area contributed by atoms with E-state index >= 15 is 0 Å². The number of H-pyrrole nitrogens is 1. The first-order valence-electron chi connectivity index (χ1n) is 8.13. The van der Waals surface area contributed by atoms with Crippen molar-refractivity contribution in [2.75, 3.05) is 0 Å². The standard InChI is InChI=1S/C18H26N4O2/c1-9(8-15-11(3)21-22(7)13(15)5)19-18(24)17-10(2)16(14(6)23)12(4)20-17/h9,20H,8H2,1-7H3,(H,19,24)/t9-/m1/s1. The van der Waals surface area contributed by atoms with Crippen LogP contribution in [0.3, 0.4) is 0 Å². The van der Waals surface area contributed by atoms with Gasteiger partial charge >= 0.3 is 0 Å². The van der Waals surface area contributed by atoms with Crippen LogP contribution in [0.2, 0.25) is 0 Å². The van der Waals surface area contributed by atoms with Crippen molar-refractivity contribution in [1.82, 2.24) is 20.1 Å². The Morgan fingerprint density at radius 3 is 2.33 bits per heavy atom. The lowest BCUT2D eigenvalue weighted by Gasteiger charge is -2.14. The van der Waals surface area contributed by atoms with Crippen molar-refractivity contribution in [3.63, 3.8) is 0 Å². The van der Waals surface area contributed by atoms with Gasteiger partial charge in [0.15, 0.2) is 5.78 Å². The van der Waals surface area contributed by atoms with Crippen LogP contribution >= 0.6 is 0 Å². The molecule has 2 N–H and O–H groups in total. The average Bonchev–Trinajstić information content (AvgIpc) is 2.89. The maximum absolute atomic E-state index is 12.6. The molecule has 0 unspecified atom stereocenters. The Morgan fingerprint density at radius 1 is 1.25 bits per heavy atom. The van der Waals surface area contributed by atoms with E-state index in [1.165, 1.54) is 6.92 Å². The van der Waals surface area contributed by atoms with Crippen molar-refractivity contribution in [2.45, 2.75) is 54.0 Å². The van der Waals surface area contributed by atoms with Crippen molar-refractivity contribution in [3.8, 4) is 0 Å². The summed E-state index contributed by atoms with van der Waals surface area (Å²) in [5, 5.41) is 7.42. The van der Waals surface area contributed by atoms with Crippen LogP contribution in [0.4, 0.5) is 0 Å². The van der Waals surface area contributed by atoms with E-state index in [0.717, 1.165) is 29.1 Å². The molecule has 2 aromatic rings. The Morgan fingerprint density at radius 2 is 1.88 bits per heavy atom. The van der Waals surface area contributed by atoms with Crippen molar-refractivity contribution < 1.29 is 9.59 Å². The number of aromatic amines is 1. The third kappa shape index (κ3) is 3.27. The number of nitrogens with one attached hydrogen (secondary N) is 2. The zero-order valence-electron chi connectivity index (χ0n) is 15.5. The highest BCUT2D eigenvalue weighted by atomic mass is 16.2. The summed E-state index contributed by atoms with van der Waals surface area (Å²) in [5.41, 5.74) is 5.77. The monoisotopic (exact) mass is 330 g/mol. The molecule has 2 rings (SSSR count). The van der Waals surface area contributed by atoms with Crippen LogP contribution in [0, 0.1) is 27.7 Å². The molecule has 0 aromatic carbocycles. The number of carbonyl (C=O) groups excluding carboxylic acids is 2. The average molecular weight is 330 g/mol. The Balaban J connectivity index is 2.15. The minimum atomic E-state index is -0.185. The van der Waals surface area contributed by atoms with Crippen molar-refractivity contribution in [2.24, 2.45) is 7.05 Å². The number of nitrogens with zero attached hydrogens (tertiary/aromatic N) is 2. The van der Waals surface area contributed by atoms with Gasteiger partial charge in [-0.2, -0.15) is 5.10 Å². The van der Waals surface area contributed by atoms with Gasteiger partial charge in [0, 0.05) is 30.0 Å². The summed E-state index contributed by atoms with van der Waals surface area (Å²) in [6, 6.07) is -0.0390. The minimum absolute atomic E-state index is 0.0324. The third-order valence-corrected chi connectivity index (χ3v) is 4.56. The maximum Gasteiger partial charge on any atom is 0.268 e. The number of rotatable bonds is 5. The summed E-state index contributed by atoms with van der Waals surface area (Å²) in [4.78, 5) is 27.3. The van der Waals surface area contributed by atoms with Crippen LogP contribution in [0.1, 0.15) is 62.9 Å². The Kier molecular flexibility index (Phi) is 4.96. The van der Waals surface area contributed by atoms with E-state index in [1.54, 1.807) is 6.92 Å². The van der Waals surface area contributed by atoms with E-state index in [1.807, 2.05) is 39.4 Å². The second kappa shape index (κ2) is 6.63. The molecule has 0 aliphatic carbocycles. The lowest BCUT2D eigenvalue weighted by Crippen LogP contribution is -2.35. The predicted octanol–water partition coefficient (Wildman–Crippen LogP) is 2.55. The number of ketones is 1. The summed E-state index contributed by atoms with van der Waals surface area (Å²) >= 11 is 0. The highest BCUT2D eigenvalue weighted by molar-refractivity contribution is 6.02. The van der Waals surface area contributed by atoms with Crippen LogP contribution in [-0.2, 0) is 13.5 Å². The molecule has 0 bridgehead atoms. The smallest absolute Gasteiger partial charge is 0.268 e. The Bertz CT molecular complexity index is 799. The molecular formula is C18H26N4O2. The van der Waals surface area contributed by atoms with E-state index in [-0.39, 0.29) is 17.7 Å². The molecule has 0 radical (unpaired) electrons. The van der Waals surface area contributed by atoms with Crippen LogP contribution in [-0.4, -0.2) is 32.5 Å². The predicted molar refractivity (Wildman–Crippen MR) is 93.6 cm³/mol. The second-order valence-electron chi connectivity index (χ2n) is 6.53. The van der Waals surface area contributed by atoms with Crippen molar-refractivity contribution in [1.29, 1.82) is 0 Å². The molecule has 0 spiro atoms. The number of aromatic nitrogens is 3. The molecule has 130 valence electrons. The number of aryl methyl sites for hydroxylation is 3. The quantitative estimate of drug-likeness (QED) is 0.827. The summed E-state index contributed by atoms with van der Waals surface area (Å²) in [6.45, 7) is 11.1. The largest absolute Gasteiger partial charge is 0.354 e. The topological polar surface area (TPSA) is 79.8 Å². The number of carbonyl (C=O) groups is 2. The molecular weight excluding hydrogens is 304 g/mol. The highest BCUT2D eigenvalue weighted by Gasteiger charge is 2.21. The Labute approximate surface area is 142 Å². The normalized spacial score (nSPS) is 12.3. The third-order valence-electron chi connectivity index (χ3n) is 4.56. The van der Waals surface area contributed by atoms with Gasteiger partial charge in [0.1, 0.15) is 5.69 Å². The first-order chi connectivity index (χ1) is 11.1. The van der Waals surface area contributed by atoms with E-state index in [0.29, 0.717) is 16.8 Å².